The number of rotatable bonds is 4. The van der Waals surface area contributed by atoms with Crippen molar-refractivity contribution >= 4 is 0 Å². The highest BCUT2D eigenvalue weighted by Gasteiger charge is 2.11. The van der Waals surface area contributed by atoms with Gasteiger partial charge in [0.05, 0.1) is 0 Å². The molecule has 0 saturated carbocycles. The maximum absolute atomic E-state index is 13.5. The third-order valence-corrected chi connectivity index (χ3v) is 3.04. The molecular formula is C16H15FN2O. The Labute approximate surface area is 117 Å². The molecule has 2 rings (SSSR count). The molecule has 0 amide bonds. The van der Waals surface area contributed by atoms with Gasteiger partial charge in [0.2, 0.25) is 0 Å². The molecule has 1 unspecified atom stereocenters. The van der Waals surface area contributed by atoms with E-state index in [4.69, 9.17) is 15.7 Å². The summed E-state index contributed by atoms with van der Waals surface area (Å²) in [5.74, 6) is 0.148. The average Bonchev–Trinajstić information content (AvgIpc) is 2.47. The Balaban J connectivity index is 2.32. The van der Waals surface area contributed by atoms with Crippen molar-refractivity contribution in [3.05, 3.63) is 59.4 Å². The third kappa shape index (κ3) is 2.95. The summed E-state index contributed by atoms with van der Waals surface area (Å²) < 4.78 is 19.1. The summed E-state index contributed by atoms with van der Waals surface area (Å²) in [6.07, 6.45) is 0.812. The van der Waals surface area contributed by atoms with Crippen LogP contribution in [0.3, 0.4) is 0 Å². The summed E-state index contributed by atoms with van der Waals surface area (Å²) in [6, 6.07) is 13.3. The zero-order chi connectivity index (χ0) is 14.5. The minimum Gasteiger partial charge on any atom is -0.456 e. The molecule has 20 heavy (non-hydrogen) atoms. The van der Waals surface area contributed by atoms with Crippen molar-refractivity contribution in [2.24, 2.45) is 5.73 Å². The zero-order valence-corrected chi connectivity index (χ0v) is 11.1. The van der Waals surface area contributed by atoms with Crippen molar-refractivity contribution < 1.29 is 9.13 Å². The van der Waals surface area contributed by atoms with Gasteiger partial charge in [0.15, 0.2) is 0 Å². The van der Waals surface area contributed by atoms with Gasteiger partial charge in [-0.1, -0.05) is 25.1 Å². The molecule has 2 aromatic rings. The van der Waals surface area contributed by atoms with Crippen LogP contribution in [0, 0.1) is 17.1 Å². The van der Waals surface area contributed by atoms with E-state index in [1.807, 2.05) is 25.1 Å². The SMILES string of the molecule is CCC(N)c1cccc(Oc2cccc(F)c2C#N)c1. The molecule has 1 atom stereocenters. The molecular weight excluding hydrogens is 255 g/mol. The van der Waals surface area contributed by atoms with Crippen LogP contribution >= 0.6 is 0 Å². The Morgan fingerprint density at radius 3 is 2.75 bits per heavy atom. The van der Waals surface area contributed by atoms with E-state index in [1.54, 1.807) is 18.2 Å². The number of hydrogen-bond acceptors (Lipinski definition) is 3. The van der Waals surface area contributed by atoms with Gasteiger partial charge >= 0.3 is 0 Å². The van der Waals surface area contributed by atoms with E-state index >= 15 is 0 Å². The monoisotopic (exact) mass is 270 g/mol. The highest BCUT2D eigenvalue weighted by atomic mass is 19.1. The normalized spacial score (nSPS) is 11.7. The van der Waals surface area contributed by atoms with Gasteiger partial charge in [-0.2, -0.15) is 5.26 Å². The second-order valence-corrected chi connectivity index (χ2v) is 4.41. The van der Waals surface area contributed by atoms with Gasteiger partial charge in [-0.25, -0.2) is 4.39 Å². The van der Waals surface area contributed by atoms with Gasteiger partial charge in [0.1, 0.15) is 28.9 Å². The minimum atomic E-state index is -0.591. The van der Waals surface area contributed by atoms with E-state index in [9.17, 15) is 4.39 Å². The fourth-order valence-corrected chi connectivity index (χ4v) is 1.87. The first-order valence-corrected chi connectivity index (χ1v) is 6.37. The van der Waals surface area contributed by atoms with Crippen molar-refractivity contribution in [1.82, 2.24) is 0 Å². The fourth-order valence-electron chi connectivity index (χ4n) is 1.87. The molecule has 2 N–H and O–H groups in total. The number of ether oxygens (including phenoxy) is 1. The molecule has 0 saturated heterocycles. The summed E-state index contributed by atoms with van der Waals surface area (Å²) in [6.45, 7) is 2.00. The van der Waals surface area contributed by atoms with Crippen LogP contribution in [0.15, 0.2) is 42.5 Å². The standard InChI is InChI=1S/C16H15FN2O/c1-2-15(19)11-5-3-6-12(9-11)20-16-8-4-7-14(17)13(16)10-18/h3-9,15H,2,19H2,1H3. The molecule has 102 valence electrons. The second kappa shape index (κ2) is 6.18. The molecule has 4 heteroatoms. The van der Waals surface area contributed by atoms with Crippen molar-refractivity contribution in [2.45, 2.75) is 19.4 Å². The highest BCUT2D eigenvalue weighted by Crippen LogP contribution is 2.28. The van der Waals surface area contributed by atoms with Crippen LogP contribution in [-0.4, -0.2) is 0 Å². The molecule has 0 bridgehead atoms. The number of nitriles is 1. The van der Waals surface area contributed by atoms with Gasteiger partial charge in [-0.3, -0.25) is 0 Å². The second-order valence-electron chi connectivity index (χ2n) is 4.41. The predicted octanol–water partition coefficient (Wildman–Crippen LogP) is 3.90. The smallest absolute Gasteiger partial charge is 0.148 e. The first-order chi connectivity index (χ1) is 9.65. The molecule has 3 nitrogen and oxygen atoms in total. The third-order valence-electron chi connectivity index (χ3n) is 3.04. The number of benzene rings is 2. The molecule has 2 aromatic carbocycles. The van der Waals surface area contributed by atoms with Crippen molar-refractivity contribution in [2.75, 3.05) is 0 Å². The molecule has 0 aliphatic heterocycles. The topological polar surface area (TPSA) is 59.0 Å². The van der Waals surface area contributed by atoms with Gasteiger partial charge in [0, 0.05) is 6.04 Å². The molecule has 0 aliphatic carbocycles. The lowest BCUT2D eigenvalue weighted by molar-refractivity contribution is 0.473. The van der Waals surface area contributed by atoms with Gasteiger partial charge in [-0.15, -0.1) is 0 Å². The highest BCUT2D eigenvalue weighted by molar-refractivity contribution is 5.46. The van der Waals surface area contributed by atoms with Crippen molar-refractivity contribution in [3.8, 4) is 17.6 Å². The fraction of sp³-hybridized carbons (Fsp3) is 0.188. The summed E-state index contributed by atoms with van der Waals surface area (Å²) in [5.41, 5.74) is 6.81. The Morgan fingerprint density at radius 1 is 1.30 bits per heavy atom. The Hall–Kier alpha value is -2.38. The Kier molecular flexibility index (Phi) is 4.34. The summed E-state index contributed by atoms with van der Waals surface area (Å²) >= 11 is 0. The van der Waals surface area contributed by atoms with Crippen LogP contribution < -0.4 is 10.5 Å². The predicted molar refractivity (Wildman–Crippen MR) is 74.9 cm³/mol. The molecule has 0 heterocycles. The largest absolute Gasteiger partial charge is 0.456 e. The minimum absolute atomic E-state index is 0.0681. The van der Waals surface area contributed by atoms with Crippen LogP contribution in [0.5, 0.6) is 11.5 Å². The number of nitrogens with two attached hydrogens (primary N) is 1. The maximum Gasteiger partial charge on any atom is 0.148 e. The summed E-state index contributed by atoms with van der Waals surface area (Å²) in [5, 5.41) is 8.97. The van der Waals surface area contributed by atoms with Crippen LogP contribution in [-0.2, 0) is 0 Å². The van der Waals surface area contributed by atoms with Crippen molar-refractivity contribution in [1.29, 1.82) is 5.26 Å². The van der Waals surface area contributed by atoms with Crippen LogP contribution in [0.4, 0.5) is 4.39 Å². The molecule has 0 aliphatic rings. The van der Waals surface area contributed by atoms with E-state index in [0.717, 1.165) is 12.0 Å². The van der Waals surface area contributed by atoms with Crippen LogP contribution in [0.2, 0.25) is 0 Å². The van der Waals surface area contributed by atoms with E-state index in [0.29, 0.717) is 5.75 Å². The quantitative estimate of drug-likeness (QED) is 0.916. The van der Waals surface area contributed by atoms with Crippen molar-refractivity contribution in [3.63, 3.8) is 0 Å². The van der Waals surface area contributed by atoms with Gasteiger partial charge in [0.25, 0.3) is 0 Å². The van der Waals surface area contributed by atoms with Gasteiger partial charge in [-0.05, 0) is 36.2 Å². The number of nitrogens with zero attached hydrogens (tertiary/aromatic N) is 1. The summed E-state index contributed by atoms with van der Waals surface area (Å²) in [7, 11) is 0. The van der Waals surface area contributed by atoms with E-state index in [1.165, 1.54) is 12.1 Å². The molecule has 0 fully saturated rings. The lowest BCUT2D eigenvalue weighted by Crippen LogP contribution is -2.08. The first kappa shape index (κ1) is 14.0. The Bertz CT molecular complexity index is 649. The number of halogens is 1. The van der Waals surface area contributed by atoms with E-state index in [-0.39, 0.29) is 17.4 Å². The van der Waals surface area contributed by atoms with E-state index in [2.05, 4.69) is 0 Å². The average molecular weight is 270 g/mol. The van der Waals surface area contributed by atoms with Crippen LogP contribution in [0.25, 0.3) is 0 Å². The van der Waals surface area contributed by atoms with Crippen LogP contribution in [0.1, 0.15) is 30.5 Å². The summed E-state index contributed by atoms with van der Waals surface area (Å²) in [4.78, 5) is 0. The van der Waals surface area contributed by atoms with Gasteiger partial charge < -0.3 is 10.5 Å². The lowest BCUT2D eigenvalue weighted by atomic mass is 10.1. The zero-order valence-electron chi connectivity index (χ0n) is 11.1. The maximum atomic E-state index is 13.5. The molecule has 0 radical (unpaired) electrons. The Morgan fingerprint density at radius 2 is 2.05 bits per heavy atom. The molecule has 0 spiro atoms. The molecule has 0 aromatic heterocycles. The van der Waals surface area contributed by atoms with E-state index < -0.39 is 5.82 Å². The number of hydrogen-bond donors (Lipinski definition) is 1. The lowest BCUT2D eigenvalue weighted by Gasteiger charge is -2.12. The first-order valence-electron chi connectivity index (χ1n) is 6.37.